The molecule has 0 aliphatic heterocycles. The van der Waals surface area contributed by atoms with E-state index in [0.717, 1.165) is 0 Å². The molecule has 5 heteroatoms. The largest absolute Gasteiger partial charge is 0.344 e. The lowest BCUT2D eigenvalue weighted by Crippen LogP contribution is -2.58. The van der Waals surface area contributed by atoms with Gasteiger partial charge in [0.05, 0.1) is 6.04 Å². The lowest BCUT2D eigenvalue weighted by molar-refractivity contribution is -0.140. The number of nitrogens with one attached hydrogen (secondary N) is 1. The van der Waals surface area contributed by atoms with Crippen molar-refractivity contribution in [2.45, 2.75) is 67.5 Å². The SMILES string of the molecule is CC.CCN(C)C(=O)[C@@H](NC(=O)[C@H](C(C)C)N(C)C)C(C)(C)C.[HH]. The third-order valence-electron chi connectivity index (χ3n) is 3.71. The molecule has 0 heterocycles. The zero-order chi connectivity index (χ0) is 19.0. The summed E-state index contributed by atoms with van der Waals surface area (Å²) in [6, 6.07) is -0.759. The van der Waals surface area contributed by atoms with E-state index in [1.807, 2.05) is 74.4 Å². The van der Waals surface area contributed by atoms with Crippen molar-refractivity contribution < 1.29 is 11.0 Å². The number of carbonyl (C=O) groups is 2. The summed E-state index contributed by atoms with van der Waals surface area (Å²) in [5.74, 6) is 0.0482. The minimum atomic E-state index is -0.517. The van der Waals surface area contributed by atoms with Crippen LogP contribution in [0.15, 0.2) is 0 Å². The third-order valence-corrected chi connectivity index (χ3v) is 3.71. The summed E-state index contributed by atoms with van der Waals surface area (Å²) in [7, 11) is 5.53. The molecule has 0 radical (unpaired) electrons. The molecule has 0 bridgehead atoms. The predicted molar refractivity (Wildman–Crippen MR) is 100 cm³/mol. The van der Waals surface area contributed by atoms with E-state index >= 15 is 0 Å². The summed E-state index contributed by atoms with van der Waals surface area (Å²) in [5, 5.41) is 2.96. The molecular weight excluding hydrogens is 290 g/mol. The summed E-state index contributed by atoms with van der Waals surface area (Å²) < 4.78 is 0. The Labute approximate surface area is 145 Å². The Hall–Kier alpha value is -1.10. The van der Waals surface area contributed by atoms with Crippen LogP contribution in [0.1, 0.15) is 56.8 Å². The maximum absolute atomic E-state index is 12.6. The Morgan fingerprint density at radius 3 is 1.78 bits per heavy atom. The standard InChI is InChI=1S/C16H33N3O2.C2H6.H2/c1-10-19(9)15(21)13(16(4,5)6)17-14(20)12(11(2)3)18(7)8;1-2;/h11-13H,10H2,1-9H3,(H,17,20);1-2H3;1H/t12-,13+;;/m0../s1. The van der Waals surface area contributed by atoms with Gasteiger partial charge in [-0.1, -0.05) is 48.5 Å². The van der Waals surface area contributed by atoms with Crippen molar-refractivity contribution in [3.63, 3.8) is 0 Å². The molecule has 2 amide bonds. The van der Waals surface area contributed by atoms with E-state index in [1.165, 1.54) is 0 Å². The molecule has 0 saturated heterocycles. The molecule has 23 heavy (non-hydrogen) atoms. The fourth-order valence-electron chi connectivity index (χ4n) is 2.39. The highest BCUT2D eigenvalue weighted by Crippen LogP contribution is 2.21. The van der Waals surface area contributed by atoms with Crippen molar-refractivity contribution in [2.24, 2.45) is 11.3 Å². The number of hydrogen-bond donors (Lipinski definition) is 1. The van der Waals surface area contributed by atoms with Crippen molar-refractivity contribution in [3.8, 4) is 0 Å². The van der Waals surface area contributed by atoms with Crippen LogP contribution in [-0.4, -0.2) is 61.4 Å². The lowest BCUT2D eigenvalue weighted by Gasteiger charge is -2.35. The number of rotatable bonds is 6. The van der Waals surface area contributed by atoms with Crippen LogP contribution in [0.2, 0.25) is 0 Å². The molecule has 0 rings (SSSR count). The fourth-order valence-corrected chi connectivity index (χ4v) is 2.39. The number of carbonyl (C=O) groups excluding carboxylic acids is 2. The Bertz CT molecular complexity index is 358. The van der Waals surface area contributed by atoms with Crippen LogP contribution >= 0.6 is 0 Å². The number of nitrogens with zero attached hydrogens (tertiary/aromatic N) is 2. The first-order valence-corrected chi connectivity index (χ1v) is 8.65. The van der Waals surface area contributed by atoms with E-state index in [9.17, 15) is 9.59 Å². The summed E-state index contributed by atoms with van der Waals surface area (Å²) in [4.78, 5) is 28.6. The average molecular weight is 332 g/mol. The minimum absolute atomic E-state index is 0. The number of hydrogen-bond acceptors (Lipinski definition) is 3. The van der Waals surface area contributed by atoms with Gasteiger partial charge in [-0.15, -0.1) is 0 Å². The second-order valence-corrected chi connectivity index (χ2v) is 7.31. The maximum Gasteiger partial charge on any atom is 0.245 e. The van der Waals surface area contributed by atoms with Crippen molar-refractivity contribution in [1.82, 2.24) is 15.1 Å². The van der Waals surface area contributed by atoms with Crippen LogP contribution in [0.4, 0.5) is 0 Å². The van der Waals surface area contributed by atoms with Gasteiger partial charge in [-0.05, 0) is 32.4 Å². The zero-order valence-corrected chi connectivity index (χ0v) is 17.2. The van der Waals surface area contributed by atoms with E-state index in [2.05, 4.69) is 5.32 Å². The Kier molecular flexibility index (Phi) is 11.2. The highest BCUT2D eigenvalue weighted by atomic mass is 16.2. The van der Waals surface area contributed by atoms with Gasteiger partial charge in [0.25, 0.3) is 0 Å². The first-order chi connectivity index (χ1) is 10.4. The normalized spacial score (nSPS) is 14.0. The van der Waals surface area contributed by atoms with Crippen molar-refractivity contribution in [3.05, 3.63) is 0 Å². The molecule has 0 spiro atoms. The van der Waals surface area contributed by atoms with Crippen LogP contribution < -0.4 is 5.32 Å². The second kappa shape index (κ2) is 10.6. The van der Waals surface area contributed by atoms with Gasteiger partial charge >= 0.3 is 0 Å². The third kappa shape index (κ3) is 7.82. The Morgan fingerprint density at radius 2 is 1.52 bits per heavy atom. The maximum atomic E-state index is 12.6. The van der Waals surface area contributed by atoms with E-state index in [-0.39, 0.29) is 30.6 Å². The summed E-state index contributed by atoms with van der Waals surface area (Å²) >= 11 is 0. The number of amides is 2. The van der Waals surface area contributed by atoms with E-state index in [4.69, 9.17) is 0 Å². The van der Waals surface area contributed by atoms with Crippen molar-refractivity contribution in [2.75, 3.05) is 27.7 Å². The van der Waals surface area contributed by atoms with Gasteiger partial charge in [0, 0.05) is 15.0 Å². The summed E-state index contributed by atoms with van der Waals surface area (Å²) in [6.45, 7) is 16.5. The Balaban J connectivity index is -0.00000141. The van der Waals surface area contributed by atoms with Crippen LogP contribution in [0.3, 0.4) is 0 Å². The molecule has 0 unspecified atom stereocenters. The highest BCUT2D eigenvalue weighted by molar-refractivity contribution is 5.90. The molecular formula is C18H41N3O2. The molecule has 0 aromatic carbocycles. The van der Waals surface area contributed by atoms with E-state index in [0.29, 0.717) is 6.54 Å². The molecule has 140 valence electrons. The molecule has 0 saturated carbocycles. The molecule has 0 aliphatic rings. The summed E-state index contributed by atoms with van der Waals surface area (Å²) in [6.07, 6.45) is 0. The first kappa shape index (κ1) is 24.2. The Morgan fingerprint density at radius 1 is 1.09 bits per heavy atom. The van der Waals surface area contributed by atoms with Crippen LogP contribution in [-0.2, 0) is 9.59 Å². The van der Waals surface area contributed by atoms with Crippen molar-refractivity contribution in [1.29, 1.82) is 0 Å². The topological polar surface area (TPSA) is 52.7 Å². The van der Waals surface area contributed by atoms with Crippen LogP contribution in [0.25, 0.3) is 0 Å². The highest BCUT2D eigenvalue weighted by Gasteiger charge is 2.36. The molecule has 1 N–H and O–H groups in total. The lowest BCUT2D eigenvalue weighted by atomic mass is 9.85. The molecule has 0 aromatic heterocycles. The number of likely N-dealkylation sites (N-methyl/N-ethyl adjacent to an activating group) is 2. The van der Waals surface area contributed by atoms with Gasteiger partial charge in [0.15, 0.2) is 0 Å². The minimum Gasteiger partial charge on any atom is -0.344 e. The predicted octanol–water partition coefficient (Wildman–Crippen LogP) is 2.85. The van der Waals surface area contributed by atoms with Gasteiger partial charge in [-0.3, -0.25) is 14.5 Å². The van der Waals surface area contributed by atoms with Gasteiger partial charge < -0.3 is 10.2 Å². The molecule has 2 atom stereocenters. The van der Waals surface area contributed by atoms with Gasteiger partial charge in [-0.2, -0.15) is 0 Å². The molecule has 0 aromatic rings. The quantitative estimate of drug-likeness (QED) is 0.814. The molecule has 0 fully saturated rings. The van der Waals surface area contributed by atoms with Gasteiger partial charge in [0.2, 0.25) is 11.8 Å². The van der Waals surface area contributed by atoms with Gasteiger partial charge in [-0.25, -0.2) is 0 Å². The van der Waals surface area contributed by atoms with Crippen LogP contribution in [0.5, 0.6) is 0 Å². The second-order valence-electron chi connectivity index (χ2n) is 7.31. The monoisotopic (exact) mass is 331 g/mol. The fraction of sp³-hybridized carbons (Fsp3) is 0.889. The zero-order valence-electron chi connectivity index (χ0n) is 17.2. The summed E-state index contributed by atoms with van der Waals surface area (Å²) in [5.41, 5.74) is -0.329. The van der Waals surface area contributed by atoms with Crippen LogP contribution in [0, 0.1) is 11.3 Å². The van der Waals surface area contributed by atoms with Gasteiger partial charge in [0.1, 0.15) is 6.04 Å². The molecule has 0 aliphatic carbocycles. The smallest absolute Gasteiger partial charge is 0.245 e. The molecule has 5 nitrogen and oxygen atoms in total. The first-order valence-electron chi connectivity index (χ1n) is 8.65. The van der Waals surface area contributed by atoms with Crippen molar-refractivity contribution >= 4 is 11.8 Å². The van der Waals surface area contributed by atoms with E-state index in [1.54, 1.807) is 11.9 Å². The average Bonchev–Trinajstić information content (AvgIpc) is 2.43. The van der Waals surface area contributed by atoms with E-state index < -0.39 is 6.04 Å².